The fourth-order valence-corrected chi connectivity index (χ4v) is 1.56. The van der Waals surface area contributed by atoms with E-state index in [2.05, 4.69) is 4.98 Å². The maximum atomic E-state index is 11.4. The number of carbonyl (C=O) groups is 1. The number of benzene rings is 1. The van der Waals surface area contributed by atoms with Gasteiger partial charge in [-0.3, -0.25) is 10.0 Å². The molecule has 4 heteroatoms. The Balaban J connectivity index is 2.76. The van der Waals surface area contributed by atoms with Crippen LogP contribution in [0.1, 0.15) is 16.2 Å². The van der Waals surface area contributed by atoms with Crippen molar-refractivity contribution in [3.05, 3.63) is 41.7 Å². The van der Waals surface area contributed by atoms with Gasteiger partial charge in [0.25, 0.3) is 5.91 Å². The van der Waals surface area contributed by atoms with Crippen LogP contribution in [-0.4, -0.2) is 16.1 Å². The Hall–Kier alpha value is -1.94. The van der Waals surface area contributed by atoms with E-state index >= 15 is 0 Å². The number of hydrogen-bond donors (Lipinski definition) is 2. The van der Waals surface area contributed by atoms with Crippen molar-refractivity contribution in [3.63, 3.8) is 0 Å². The molecule has 0 atom stereocenters. The highest BCUT2D eigenvalue weighted by Crippen LogP contribution is 2.17. The number of fused-ring (bicyclic) bond motifs is 1. The number of aromatic nitrogens is 1. The van der Waals surface area contributed by atoms with Gasteiger partial charge in [0.05, 0.1) is 0 Å². The molecule has 2 rings (SSSR count). The van der Waals surface area contributed by atoms with Crippen molar-refractivity contribution in [2.45, 2.75) is 6.92 Å². The molecule has 76 valence electrons. The molecule has 0 aliphatic rings. The van der Waals surface area contributed by atoms with Crippen molar-refractivity contribution >= 4 is 16.7 Å². The van der Waals surface area contributed by atoms with Gasteiger partial charge in [-0.15, -0.1) is 0 Å². The van der Waals surface area contributed by atoms with Crippen LogP contribution in [0.4, 0.5) is 0 Å². The third-order valence-electron chi connectivity index (χ3n) is 2.19. The third-order valence-corrected chi connectivity index (χ3v) is 2.19. The van der Waals surface area contributed by atoms with Crippen LogP contribution in [0.25, 0.3) is 10.8 Å². The summed E-state index contributed by atoms with van der Waals surface area (Å²) in [6.07, 6.45) is 0. The van der Waals surface area contributed by atoms with Crippen LogP contribution in [0.3, 0.4) is 0 Å². The summed E-state index contributed by atoms with van der Waals surface area (Å²) in [5.74, 6) is -0.588. The lowest BCUT2D eigenvalue weighted by molar-refractivity contribution is 0.0702. The standard InChI is InChI=1S/C11H10N2O2/c1-7-6-8-4-2-3-5-9(8)10(12-7)11(14)13-15/h2-6,15H,1H3,(H,13,14). The van der Waals surface area contributed by atoms with E-state index in [1.807, 2.05) is 24.3 Å². The van der Waals surface area contributed by atoms with Gasteiger partial charge in [-0.25, -0.2) is 10.5 Å². The lowest BCUT2D eigenvalue weighted by atomic mass is 10.1. The molecule has 0 fully saturated rings. The largest absolute Gasteiger partial charge is 0.293 e. The molecule has 1 aromatic carbocycles. The summed E-state index contributed by atoms with van der Waals surface area (Å²) in [5.41, 5.74) is 2.59. The van der Waals surface area contributed by atoms with E-state index in [1.54, 1.807) is 18.5 Å². The lowest BCUT2D eigenvalue weighted by Gasteiger charge is -2.05. The topological polar surface area (TPSA) is 62.2 Å². The van der Waals surface area contributed by atoms with Gasteiger partial charge in [0, 0.05) is 11.1 Å². The zero-order chi connectivity index (χ0) is 10.8. The van der Waals surface area contributed by atoms with E-state index in [1.165, 1.54) is 0 Å². The second kappa shape index (κ2) is 3.67. The second-order valence-corrected chi connectivity index (χ2v) is 3.27. The highest BCUT2D eigenvalue weighted by molar-refractivity contribution is 6.04. The van der Waals surface area contributed by atoms with E-state index in [-0.39, 0.29) is 5.69 Å². The number of hydrogen-bond acceptors (Lipinski definition) is 3. The van der Waals surface area contributed by atoms with Gasteiger partial charge in [0.1, 0.15) is 5.69 Å². The summed E-state index contributed by atoms with van der Waals surface area (Å²) < 4.78 is 0. The minimum atomic E-state index is -0.588. The molecule has 1 heterocycles. The van der Waals surface area contributed by atoms with Crippen molar-refractivity contribution in [1.29, 1.82) is 0 Å². The summed E-state index contributed by atoms with van der Waals surface area (Å²) in [4.78, 5) is 15.5. The number of carbonyl (C=O) groups excluding carboxylic acids is 1. The van der Waals surface area contributed by atoms with Crippen molar-refractivity contribution in [1.82, 2.24) is 10.5 Å². The molecule has 0 radical (unpaired) electrons. The molecule has 1 amide bonds. The first-order valence-electron chi connectivity index (χ1n) is 4.53. The first-order valence-corrected chi connectivity index (χ1v) is 4.53. The van der Waals surface area contributed by atoms with E-state index in [4.69, 9.17) is 5.21 Å². The molecular formula is C11H10N2O2. The minimum Gasteiger partial charge on any atom is -0.288 e. The van der Waals surface area contributed by atoms with Crippen LogP contribution < -0.4 is 5.48 Å². The summed E-state index contributed by atoms with van der Waals surface area (Å²) >= 11 is 0. The number of aryl methyl sites for hydroxylation is 1. The summed E-state index contributed by atoms with van der Waals surface area (Å²) in [7, 11) is 0. The zero-order valence-corrected chi connectivity index (χ0v) is 8.19. The van der Waals surface area contributed by atoms with Gasteiger partial charge in [-0.1, -0.05) is 24.3 Å². The van der Waals surface area contributed by atoms with Crippen LogP contribution in [0.2, 0.25) is 0 Å². The highest BCUT2D eigenvalue weighted by atomic mass is 16.5. The van der Waals surface area contributed by atoms with Gasteiger partial charge in [-0.05, 0) is 18.4 Å². The molecular weight excluding hydrogens is 192 g/mol. The first kappa shape index (κ1) is 9.61. The van der Waals surface area contributed by atoms with Gasteiger partial charge in [0.15, 0.2) is 0 Å². The maximum Gasteiger partial charge on any atom is 0.293 e. The normalized spacial score (nSPS) is 10.3. The SMILES string of the molecule is Cc1cc2ccccc2c(C(=O)NO)n1. The average Bonchev–Trinajstić information content (AvgIpc) is 2.26. The van der Waals surface area contributed by atoms with E-state index in [0.717, 1.165) is 16.5 Å². The molecule has 4 nitrogen and oxygen atoms in total. The molecule has 2 aromatic rings. The second-order valence-electron chi connectivity index (χ2n) is 3.27. The number of amides is 1. The van der Waals surface area contributed by atoms with Crippen LogP contribution in [0.15, 0.2) is 30.3 Å². The van der Waals surface area contributed by atoms with Crippen LogP contribution in [-0.2, 0) is 0 Å². The Kier molecular flexibility index (Phi) is 2.35. The summed E-state index contributed by atoms with van der Waals surface area (Å²) in [6.45, 7) is 1.81. The maximum absolute atomic E-state index is 11.4. The van der Waals surface area contributed by atoms with Crippen molar-refractivity contribution in [2.75, 3.05) is 0 Å². The van der Waals surface area contributed by atoms with Crippen molar-refractivity contribution in [3.8, 4) is 0 Å². The van der Waals surface area contributed by atoms with Gasteiger partial charge in [-0.2, -0.15) is 0 Å². The Morgan fingerprint density at radius 2 is 2.13 bits per heavy atom. The smallest absolute Gasteiger partial charge is 0.288 e. The highest BCUT2D eigenvalue weighted by Gasteiger charge is 2.11. The fraction of sp³-hybridized carbons (Fsp3) is 0.0909. The molecule has 15 heavy (non-hydrogen) atoms. The Morgan fingerprint density at radius 1 is 1.40 bits per heavy atom. The molecule has 0 unspecified atom stereocenters. The molecule has 0 spiro atoms. The Morgan fingerprint density at radius 3 is 2.87 bits per heavy atom. The predicted octanol–water partition coefficient (Wildman–Crippen LogP) is 1.66. The molecule has 2 N–H and O–H groups in total. The number of nitrogens with zero attached hydrogens (tertiary/aromatic N) is 1. The van der Waals surface area contributed by atoms with Crippen LogP contribution in [0, 0.1) is 6.92 Å². The first-order chi connectivity index (χ1) is 7.22. The van der Waals surface area contributed by atoms with Gasteiger partial charge in [0.2, 0.25) is 0 Å². The monoisotopic (exact) mass is 202 g/mol. The zero-order valence-electron chi connectivity index (χ0n) is 8.19. The van der Waals surface area contributed by atoms with E-state index < -0.39 is 5.91 Å². The summed E-state index contributed by atoms with van der Waals surface area (Å²) in [6, 6.07) is 9.31. The van der Waals surface area contributed by atoms with E-state index in [9.17, 15) is 4.79 Å². The minimum absolute atomic E-state index is 0.244. The predicted molar refractivity (Wildman–Crippen MR) is 55.7 cm³/mol. The average molecular weight is 202 g/mol. The number of nitrogens with one attached hydrogen (secondary N) is 1. The van der Waals surface area contributed by atoms with Crippen LogP contribution in [0.5, 0.6) is 0 Å². The number of hydroxylamine groups is 1. The fourth-order valence-electron chi connectivity index (χ4n) is 1.56. The van der Waals surface area contributed by atoms with Crippen molar-refractivity contribution < 1.29 is 10.0 Å². The number of pyridine rings is 1. The van der Waals surface area contributed by atoms with Gasteiger partial charge < -0.3 is 0 Å². The molecule has 1 aromatic heterocycles. The molecule has 0 saturated heterocycles. The molecule has 0 bridgehead atoms. The van der Waals surface area contributed by atoms with Crippen molar-refractivity contribution in [2.24, 2.45) is 0 Å². The molecule has 0 aliphatic carbocycles. The molecule has 0 aliphatic heterocycles. The van der Waals surface area contributed by atoms with Crippen LogP contribution >= 0.6 is 0 Å². The number of rotatable bonds is 1. The Labute approximate surface area is 86.5 Å². The third kappa shape index (κ3) is 1.67. The quantitative estimate of drug-likeness (QED) is 0.546. The molecule has 0 saturated carbocycles. The Bertz CT molecular complexity index is 523. The van der Waals surface area contributed by atoms with Gasteiger partial charge >= 0.3 is 0 Å². The van der Waals surface area contributed by atoms with E-state index in [0.29, 0.717) is 0 Å². The lowest BCUT2D eigenvalue weighted by Crippen LogP contribution is -2.20. The summed E-state index contributed by atoms with van der Waals surface area (Å²) in [5, 5.41) is 10.3.